The summed E-state index contributed by atoms with van der Waals surface area (Å²) in [6.07, 6.45) is 1.46. The predicted octanol–water partition coefficient (Wildman–Crippen LogP) is 6.22. The summed E-state index contributed by atoms with van der Waals surface area (Å²) >= 11 is 0. The number of piperidine rings is 1. The zero-order valence-corrected chi connectivity index (χ0v) is 33.6. The van der Waals surface area contributed by atoms with Gasteiger partial charge < -0.3 is 33.9 Å². The van der Waals surface area contributed by atoms with Crippen molar-refractivity contribution in [3.63, 3.8) is 0 Å². The van der Waals surface area contributed by atoms with Crippen molar-refractivity contribution in [3.8, 4) is 5.75 Å². The minimum Gasteiger partial charge on any atom is -0.490 e. The van der Waals surface area contributed by atoms with Crippen LogP contribution < -0.4 is 15.0 Å². The van der Waals surface area contributed by atoms with E-state index in [2.05, 4.69) is 40.5 Å². The van der Waals surface area contributed by atoms with E-state index in [9.17, 15) is 13.2 Å². The molecule has 54 heavy (non-hydrogen) atoms. The lowest BCUT2D eigenvalue weighted by Gasteiger charge is -2.44. The fraction of sp³-hybridized carbons (Fsp3) is 0.548. The average molecular weight is 766 g/mol. The van der Waals surface area contributed by atoms with E-state index in [0.717, 1.165) is 53.2 Å². The van der Waals surface area contributed by atoms with E-state index in [0.29, 0.717) is 52.5 Å². The number of sulfonamides is 1. The van der Waals surface area contributed by atoms with Gasteiger partial charge >= 0.3 is 0 Å². The predicted molar refractivity (Wildman–Crippen MR) is 211 cm³/mol. The van der Waals surface area contributed by atoms with E-state index in [-0.39, 0.29) is 41.5 Å². The molecule has 0 saturated carbocycles. The maximum atomic E-state index is 14.4. The number of ether oxygens (including phenoxy) is 5. The van der Waals surface area contributed by atoms with Gasteiger partial charge in [-0.05, 0) is 87.9 Å². The monoisotopic (exact) mass is 765 g/mol. The number of fused-ring (bicyclic) bond motifs is 1. The van der Waals surface area contributed by atoms with E-state index in [1.165, 1.54) is 6.92 Å². The molecule has 1 unspecified atom stereocenters. The molecular formula is C42H59N3O8S. The van der Waals surface area contributed by atoms with E-state index >= 15 is 0 Å². The highest BCUT2D eigenvalue weighted by Gasteiger charge is 2.43. The van der Waals surface area contributed by atoms with Gasteiger partial charge in [-0.25, -0.2) is 8.42 Å². The van der Waals surface area contributed by atoms with Crippen LogP contribution in [0.5, 0.6) is 5.75 Å². The summed E-state index contributed by atoms with van der Waals surface area (Å²) in [7, 11) is -2.18. The minimum atomic E-state index is -3.90. The molecule has 296 valence electrons. The fourth-order valence-corrected chi connectivity index (χ4v) is 9.14. The first kappa shape index (κ1) is 41.6. The summed E-state index contributed by atoms with van der Waals surface area (Å²) in [6, 6.07) is 20.9. The summed E-state index contributed by atoms with van der Waals surface area (Å²) in [5.41, 5.74) is 5.11. The van der Waals surface area contributed by atoms with Crippen LogP contribution in [0, 0.1) is 6.92 Å². The summed E-state index contributed by atoms with van der Waals surface area (Å²) in [5.74, 6) is 0.592. The van der Waals surface area contributed by atoms with Crippen molar-refractivity contribution in [3.05, 3.63) is 89.0 Å². The van der Waals surface area contributed by atoms with Crippen molar-refractivity contribution in [2.45, 2.75) is 102 Å². The summed E-state index contributed by atoms with van der Waals surface area (Å²) in [5, 5.41) is 2.97. The third kappa shape index (κ3) is 11.3. The minimum absolute atomic E-state index is 0.0201. The normalized spacial score (nSPS) is 20.2. The molecule has 5 atom stereocenters. The molecule has 2 aliphatic heterocycles. The van der Waals surface area contributed by atoms with E-state index in [1.54, 1.807) is 23.5 Å². The Morgan fingerprint density at radius 1 is 1.02 bits per heavy atom. The highest BCUT2D eigenvalue weighted by Crippen LogP contribution is 2.39. The van der Waals surface area contributed by atoms with Crippen molar-refractivity contribution in [2.24, 2.45) is 0 Å². The van der Waals surface area contributed by atoms with Gasteiger partial charge in [0.05, 0.1) is 49.2 Å². The SMILES string of the molecule is CCOC(C)COCc1ccc([C@H]2C[C@@H](C[C@@H](C)NC(C)=O)N(S(=O)(=O)c3ccc(C)cc3)C[C@@H]2OCc2ccc3c(c2)N(CCCOC)CCO3)cc1. The molecule has 0 aromatic heterocycles. The third-order valence-corrected chi connectivity index (χ3v) is 12.1. The average Bonchev–Trinajstić information content (AvgIpc) is 3.14. The number of amides is 1. The van der Waals surface area contributed by atoms with Crippen LogP contribution in [0.3, 0.4) is 0 Å². The number of carbonyl (C=O) groups excluding carboxylic acids is 1. The lowest BCUT2D eigenvalue weighted by Crippen LogP contribution is -2.54. The third-order valence-electron chi connectivity index (χ3n) is 10.1. The van der Waals surface area contributed by atoms with Gasteiger partial charge in [-0.2, -0.15) is 4.31 Å². The van der Waals surface area contributed by atoms with Gasteiger partial charge in [-0.15, -0.1) is 0 Å². The van der Waals surface area contributed by atoms with Gasteiger partial charge in [0.1, 0.15) is 12.4 Å². The molecule has 1 N–H and O–H groups in total. The zero-order valence-electron chi connectivity index (χ0n) is 32.8. The smallest absolute Gasteiger partial charge is 0.243 e. The van der Waals surface area contributed by atoms with Crippen LogP contribution in [0.4, 0.5) is 5.69 Å². The van der Waals surface area contributed by atoms with Gasteiger partial charge in [0.25, 0.3) is 0 Å². The van der Waals surface area contributed by atoms with Gasteiger partial charge in [-0.3, -0.25) is 4.79 Å². The molecular weight excluding hydrogens is 707 g/mol. The molecule has 12 heteroatoms. The Morgan fingerprint density at radius 2 is 1.76 bits per heavy atom. The van der Waals surface area contributed by atoms with E-state index in [4.69, 9.17) is 23.7 Å². The molecule has 2 aliphatic rings. The molecule has 1 amide bonds. The first-order valence-corrected chi connectivity index (χ1v) is 20.7. The van der Waals surface area contributed by atoms with Crippen LogP contribution in [0.1, 0.15) is 75.1 Å². The van der Waals surface area contributed by atoms with Crippen LogP contribution in [0.2, 0.25) is 0 Å². The van der Waals surface area contributed by atoms with Crippen LogP contribution in [0.25, 0.3) is 0 Å². The standard InChI is InChI=1S/C42H59N3O8S/c1-7-51-32(4)27-50-28-34-11-14-36(15-12-34)39-25-37(23-31(3)43-33(5)46)45(54(47,48)38-16-9-30(2)10-17-38)26-42(39)53-29-35-13-18-41-40(24-35)44(20-22-52-41)19-8-21-49-6/h9-18,24,31-32,37,39,42H,7-8,19-23,25-29H2,1-6H3,(H,43,46)/t31-,32?,37-,39-,42+/m1/s1. The van der Waals surface area contributed by atoms with Gasteiger partial charge in [-0.1, -0.05) is 48.0 Å². The largest absolute Gasteiger partial charge is 0.490 e. The number of methoxy groups -OCH3 is 1. The molecule has 0 spiro atoms. The molecule has 11 nitrogen and oxygen atoms in total. The Kier molecular flexibility index (Phi) is 15.3. The molecule has 0 bridgehead atoms. The highest BCUT2D eigenvalue weighted by molar-refractivity contribution is 7.89. The summed E-state index contributed by atoms with van der Waals surface area (Å²) in [4.78, 5) is 14.6. The Labute approximate surface area is 322 Å². The van der Waals surface area contributed by atoms with Crippen LogP contribution >= 0.6 is 0 Å². The second kappa shape index (κ2) is 19.9. The maximum Gasteiger partial charge on any atom is 0.243 e. The second-order valence-electron chi connectivity index (χ2n) is 14.6. The number of nitrogens with one attached hydrogen (secondary N) is 1. The molecule has 1 saturated heterocycles. The quantitative estimate of drug-likeness (QED) is 0.142. The van der Waals surface area contributed by atoms with Gasteiger partial charge in [0.15, 0.2) is 0 Å². The molecule has 0 aliphatic carbocycles. The molecule has 1 fully saturated rings. The second-order valence-corrected chi connectivity index (χ2v) is 16.5. The Hall–Kier alpha value is -3.52. The lowest BCUT2D eigenvalue weighted by atomic mass is 9.82. The number of carbonyl (C=O) groups is 1. The Bertz CT molecular complexity index is 1740. The number of benzene rings is 3. The molecule has 3 aromatic carbocycles. The van der Waals surface area contributed by atoms with Crippen LogP contribution in [0.15, 0.2) is 71.6 Å². The van der Waals surface area contributed by atoms with Gasteiger partial charge in [0, 0.05) is 58.3 Å². The Balaban J connectivity index is 1.43. The number of aryl methyl sites for hydroxylation is 1. The number of hydrogen-bond donors (Lipinski definition) is 1. The summed E-state index contributed by atoms with van der Waals surface area (Å²) in [6.45, 7) is 14.4. The molecule has 0 radical (unpaired) electrons. The first-order chi connectivity index (χ1) is 26.0. The van der Waals surface area contributed by atoms with E-state index < -0.39 is 16.1 Å². The van der Waals surface area contributed by atoms with Crippen molar-refractivity contribution in [1.82, 2.24) is 9.62 Å². The van der Waals surface area contributed by atoms with Crippen molar-refractivity contribution < 1.29 is 36.9 Å². The maximum absolute atomic E-state index is 14.4. The zero-order chi connectivity index (χ0) is 38.7. The molecule has 3 aromatic rings. The van der Waals surface area contributed by atoms with Gasteiger partial charge in [0.2, 0.25) is 15.9 Å². The lowest BCUT2D eigenvalue weighted by molar-refractivity contribution is -0.119. The fourth-order valence-electron chi connectivity index (χ4n) is 7.48. The van der Waals surface area contributed by atoms with Crippen molar-refractivity contribution in [2.75, 3.05) is 58.1 Å². The summed E-state index contributed by atoms with van der Waals surface area (Å²) < 4.78 is 60.1. The molecule has 5 rings (SSSR count). The van der Waals surface area contributed by atoms with Crippen molar-refractivity contribution >= 4 is 21.6 Å². The number of hydrogen-bond acceptors (Lipinski definition) is 9. The van der Waals surface area contributed by atoms with E-state index in [1.807, 2.05) is 52.0 Å². The highest BCUT2D eigenvalue weighted by atomic mass is 32.2. The Morgan fingerprint density at radius 3 is 2.46 bits per heavy atom. The topological polar surface area (TPSA) is 116 Å². The van der Waals surface area contributed by atoms with Crippen LogP contribution in [-0.4, -0.2) is 96.1 Å². The van der Waals surface area contributed by atoms with Crippen molar-refractivity contribution in [1.29, 1.82) is 0 Å². The van der Waals surface area contributed by atoms with Crippen LogP contribution in [-0.2, 0) is 47.0 Å². The number of anilines is 1. The first-order valence-electron chi connectivity index (χ1n) is 19.2. The molecule has 2 heterocycles. The number of nitrogens with zero attached hydrogens (tertiary/aromatic N) is 2. The number of rotatable bonds is 19.